The number of benzene rings is 2. The van der Waals surface area contributed by atoms with Gasteiger partial charge in [0.2, 0.25) is 11.8 Å². The van der Waals surface area contributed by atoms with Gasteiger partial charge < -0.3 is 14.2 Å². The Hall–Kier alpha value is -3.06. The number of amides is 2. The first-order valence-electron chi connectivity index (χ1n) is 12.4. The van der Waals surface area contributed by atoms with Gasteiger partial charge in [-0.2, -0.15) is 0 Å². The van der Waals surface area contributed by atoms with E-state index in [0.717, 1.165) is 37.3 Å². The maximum absolute atomic E-state index is 11.8. The molecular weight excluding hydrogens is 444 g/mol. The molecule has 2 aromatic rings. The lowest BCUT2D eigenvalue weighted by atomic mass is 9.94. The van der Waals surface area contributed by atoms with Crippen LogP contribution in [-0.2, 0) is 22.6 Å². The normalized spacial score (nSPS) is 16.1. The van der Waals surface area contributed by atoms with E-state index in [1.54, 1.807) is 7.11 Å². The molecule has 2 amide bonds. The number of imide groups is 1. The Balaban J connectivity index is 1.42. The molecule has 7 heteroatoms. The van der Waals surface area contributed by atoms with E-state index in [1.165, 1.54) is 16.0 Å². The lowest BCUT2D eigenvalue weighted by Crippen LogP contribution is -2.33. The van der Waals surface area contributed by atoms with E-state index >= 15 is 0 Å². The largest absolute Gasteiger partial charge is 0.493 e. The van der Waals surface area contributed by atoms with Crippen LogP contribution in [0.1, 0.15) is 55.8 Å². The molecule has 2 heterocycles. The fourth-order valence-electron chi connectivity index (χ4n) is 4.88. The highest BCUT2D eigenvalue weighted by Gasteiger charge is 2.28. The van der Waals surface area contributed by atoms with E-state index in [-0.39, 0.29) is 25.0 Å². The van der Waals surface area contributed by atoms with Crippen LogP contribution in [0.25, 0.3) is 0 Å². The molecule has 0 spiro atoms. The van der Waals surface area contributed by atoms with Crippen molar-refractivity contribution >= 4 is 11.8 Å². The lowest BCUT2D eigenvalue weighted by Gasteiger charge is -2.30. The van der Waals surface area contributed by atoms with Crippen LogP contribution in [0.4, 0.5) is 0 Å². The van der Waals surface area contributed by atoms with Gasteiger partial charge in [-0.1, -0.05) is 32.0 Å². The van der Waals surface area contributed by atoms with E-state index in [0.29, 0.717) is 36.3 Å². The first-order chi connectivity index (χ1) is 16.9. The highest BCUT2D eigenvalue weighted by atomic mass is 16.5. The van der Waals surface area contributed by atoms with Crippen LogP contribution in [0.5, 0.6) is 17.2 Å². The molecule has 0 bridgehead atoms. The standard InChI is InChI=1S/C28H36N2O5/c1-19(2)15-23(21-6-8-24-22(17-21)11-13-34-24)29(3)18-20-5-7-25(26(16-20)33-4)35-14-12-30-27(31)9-10-28(30)32/h5-8,16-17,19,23H,9-15,18H2,1-4H3. The number of carbonyl (C=O) groups excluding carboxylic acids is 2. The van der Waals surface area contributed by atoms with Crippen molar-refractivity contribution in [3.63, 3.8) is 0 Å². The topological polar surface area (TPSA) is 68.3 Å². The molecule has 4 rings (SSSR count). The zero-order valence-electron chi connectivity index (χ0n) is 21.2. The van der Waals surface area contributed by atoms with Gasteiger partial charge in [0.25, 0.3) is 0 Å². The van der Waals surface area contributed by atoms with Gasteiger partial charge in [0.05, 0.1) is 20.3 Å². The maximum Gasteiger partial charge on any atom is 0.229 e. The minimum absolute atomic E-state index is 0.129. The molecule has 0 aliphatic carbocycles. The molecule has 2 aromatic carbocycles. The molecular formula is C28H36N2O5. The summed E-state index contributed by atoms with van der Waals surface area (Å²) >= 11 is 0. The third-order valence-electron chi connectivity index (χ3n) is 6.71. The predicted octanol–water partition coefficient (Wildman–Crippen LogP) is 4.38. The summed E-state index contributed by atoms with van der Waals surface area (Å²) < 4.78 is 17.1. The monoisotopic (exact) mass is 480 g/mol. The molecule has 0 N–H and O–H groups in total. The number of hydrogen-bond acceptors (Lipinski definition) is 6. The molecule has 1 atom stereocenters. The van der Waals surface area contributed by atoms with Gasteiger partial charge >= 0.3 is 0 Å². The number of nitrogens with zero attached hydrogens (tertiary/aromatic N) is 2. The van der Waals surface area contributed by atoms with Crippen LogP contribution in [-0.4, -0.2) is 55.5 Å². The van der Waals surface area contributed by atoms with Gasteiger partial charge in [-0.3, -0.25) is 19.4 Å². The number of fused-ring (bicyclic) bond motifs is 1. The molecule has 2 aliphatic heterocycles. The van der Waals surface area contributed by atoms with Crippen LogP contribution in [0.3, 0.4) is 0 Å². The van der Waals surface area contributed by atoms with Gasteiger partial charge in [0, 0.05) is 31.8 Å². The number of hydrogen-bond donors (Lipinski definition) is 0. The smallest absolute Gasteiger partial charge is 0.229 e. The first kappa shape index (κ1) is 25.0. The molecule has 0 saturated carbocycles. The Morgan fingerprint density at radius 3 is 2.51 bits per heavy atom. The molecule has 1 saturated heterocycles. The van der Waals surface area contributed by atoms with Crippen LogP contribution >= 0.6 is 0 Å². The number of carbonyl (C=O) groups is 2. The summed E-state index contributed by atoms with van der Waals surface area (Å²) in [6.07, 6.45) is 2.62. The van der Waals surface area contributed by atoms with Crippen molar-refractivity contribution in [2.75, 3.05) is 33.9 Å². The average Bonchev–Trinajstić information content (AvgIpc) is 3.44. The highest BCUT2D eigenvalue weighted by Crippen LogP contribution is 2.34. The lowest BCUT2D eigenvalue weighted by molar-refractivity contribution is -0.138. The van der Waals surface area contributed by atoms with Gasteiger partial charge in [-0.15, -0.1) is 0 Å². The zero-order valence-corrected chi connectivity index (χ0v) is 21.2. The van der Waals surface area contributed by atoms with Crippen molar-refractivity contribution < 1.29 is 23.8 Å². The van der Waals surface area contributed by atoms with Gasteiger partial charge in [-0.25, -0.2) is 0 Å². The van der Waals surface area contributed by atoms with Gasteiger partial charge in [0.15, 0.2) is 11.5 Å². The third kappa shape index (κ3) is 5.96. The predicted molar refractivity (Wildman–Crippen MR) is 134 cm³/mol. The van der Waals surface area contributed by atoms with E-state index < -0.39 is 0 Å². The summed E-state index contributed by atoms with van der Waals surface area (Å²) in [6.45, 7) is 6.55. The molecule has 1 fully saturated rings. The Kier molecular flexibility index (Phi) is 7.96. The second-order valence-electron chi connectivity index (χ2n) is 9.80. The summed E-state index contributed by atoms with van der Waals surface area (Å²) in [4.78, 5) is 27.2. The fourth-order valence-corrected chi connectivity index (χ4v) is 4.88. The van der Waals surface area contributed by atoms with Crippen LogP contribution in [0.2, 0.25) is 0 Å². The molecule has 2 aliphatic rings. The highest BCUT2D eigenvalue weighted by molar-refractivity contribution is 6.01. The van der Waals surface area contributed by atoms with Crippen molar-refractivity contribution in [3.8, 4) is 17.2 Å². The van der Waals surface area contributed by atoms with Crippen LogP contribution in [0, 0.1) is 5.92 Å². The first-order valence-corrected chi connectivity index (χ1v) is 12.4. The summed E-state index contributed by atoms with van der Waals surface area (Å²) in [5, 5.41) is 0. The third-order valence-corrected chi connectivity index (χ3v) is 6.71. The molecule has 7 nitrogen and oxygen atoms in total. The number of ether oxygens (including phenoxy) is 3. The average molecular weight is 481 g/mol. The maximum atomic E-state index is 11.8. The van der Waals surface area contributed by atoms with Crippen LogP contribution < -0.4 is 14.2 Å². The minimum atomic E-state index is -0.129. The van der Waals surface area contributed by atoms with Crippen LogP contribution in [0.15, 0.2) is 36.4 Å². The quantitative estimate of drug-likeness (QED) is 0.445. The number of rotatable bonds is 11. The van der Waals surface area contributed by atoms with Crippen molar-refractivity contribution in [1.82, 2.24) is 9.80 Å². The van der Waals surface area contributed by atoms with Crippen molar-refractivity contribution in [1.29, 1.82) is 0 Å². The van der Waals surface area contributed by atoms with Crippen molar-refractivity contribution in [2.24, 2.45) is 5.92 Å². The SMILES string of the molecule is COc1cc(CN(C)C(CC(C)C)c2ccc3c(c2)CCO3)ccc1OCCN1C(=O)CCC1=O. The van der Waals surface area contributed by atoms with E-state index in [4.69, 9.17) is 14.2 Å². The summed E-state index contributed by atoms with van der Waals surface area (Å²) in [5.74, 6) is 2.57. The summed E-state index contributed by atoms with van der Waals surface area (Å²) in [7, 11) is 3.79. The Labute approximate surface area is 207 Å². The molecule has 0 aromatic heterocycles. The number of methoxy groups -OCH3 is 1. The molecule has 0 radical (unpaired) electrons. The summed E-state index contributed by atoms with van der Waals surface area (Å²) in [6, 6.07) is 12.8. The second kappa shape index (κ2) is 11.1. The number of likely N-dealkylation sites (tertiary alicyclic amines) is 1. The fraction of sp³-hybridized carbons (Fsp3) is 0.500. The minimum Gasteiger partial charge on any atom is -0.493 e. The molecule has 35 heavy (non-hydrogen) atoms. The van der Waals surface area contributed by atoms with E-state index in [9.17, 15) is 9.59 Å². The van der Waals surface area contributed by atoms with Gasteiger partial charge in [-0.05, 0) is 54.3 Å². The summed E-state index contributed by atoms with van der Waals surface area (Å²) in [5.41, 5.74) is 3.74. The Bertz CT molecular complexity index is 1050. The van der Waals surface area contributed by atoms with Gasteiger partial charge in [0.1, 0.15) is 12.4 Å². The molecule has 1 unspecified atom stereocenters. The van der Waals surface area contributed by atoms with E-state index in [2.05, 4.69) is 44.0 Å². The van der Waals surface area contributed by atoms with Crippen molar-refractivity contribution in [2.45, 2.75) is 52.1 Å². The van der Waals surface area contributed by atoms with E-state index in [1.807, 2.05) is 18.2 Å². The molecule has 188 valence electrons. The van der Waals surface area contributed by atoms with Crippen molar-refractivity contribution in [3.05, 3.63) is 53.1 Å². The zero-order chi connectivity index (χ0) is 24.9. The second-order valence-corrected chi connectivity index (χ2v) is 9.80. The Morgan fingerprint density at radius 1 is 1.03 bits per heavy atom. The Morgan fingerprint density at radius 2 is 1.80 bits per heavy atom.